The van der Waals surface area contributed by atoms with E-state index in [0.29, 0.717) is 34.4 Å². The number of methoxy groups -OCH3 is 1. The number of nitrogens with zero attached hydrogens (tertiary/aromatic N) is 1. The summed E-state index contributed by atoms with van der Waals surface area (Å²) in [6, 6.07) is 6.72. The zero-order valence-electron chi connectivity index (χ0n) is 11.9. The maximum Gasteiger partial charge on any atom is 0.257 e. The van der Waals surface area contributed by atoms with Gasteiger partial charge in [0.05, 0.1) is 33.6 Å². The average molecular weight is 340 g/mol. The zero-order valence-corrected chi connectivity index (χ0v) is 13.4. The van der Waals surface area contributed by atoms with E-state index in [1.807, 2.05) is 0 Å². The van der Waals surface area contributed by atoms with E-state index < -0.39 is 0 Å². The van der Waals surface area contributed by atoms with Crippen molar-refractivity contribution in [3.8, 4) is 0 Å². The van der Waals surface area contributed by atoms with E-state index in [1.165, 1.54) is 6.20 Å². The van der Waals surface area contributed by atoms with Gasteiger partial charge in [0, 0.05) is 26.0 Å². The molecule has 0 fully saturated rings. The van der Waals surface area contributed by atoms with Gasteiger partial charge in [0.2, 0.25) is 0 Å². The van der Waals surface area contributed by atoms with Crippen molar-refractivity contribution in [2.75, 3.05) is 30.9 Å². The van der Waals surface area contributed by atoms with E-state index in [9.17, 15) is 4.79 Å². The van der Waals surface area contributed by atoms with Crippen molar-refractivity contribution in [2.24, 2.45) is 0 Å². The molecular formula is C15H15Cl2N3O2. The fraction of sp³-hybridized carbons (Fsp3) is 0.200. The number of pyridine rings is 1. The summed E-state index contributed by atoms with van der Waals surface area (Å²) in [4.78, 5) is 16.3. The third-order valence-corrected chi connectivity index (χ3v) is 3.47. The molecule has 1 aromatic heterocycles. The maximum absolute atomic E-state index is 12.3. The molecule has 0 spiro atoms. The van der Waals surface area contributed by atoms with Gasteiger partial charge < -0.3 is 15.4 Å². The van der Waals surface area contributed by atoms with E-state index in [4.69, 9.17) is 27.9 Å². The second kappa shape index (κ2) is 7.98. The normalized spacial score (nSPS) is 10.3. The van der Waals surface area contributed by atoms with Gasteiger partial charge in [-0.25, -0.2) is 0 Å². The van der Waals surface area contributed by atoms with Crippen LogP contribution in [0.15, 0.2) is 36.7 Å². The van der Waals surface area contributed by atoms with Gasteiger partial charge in [-0.2, -0.15) is 0 Å². The number of hydrogen-bond acceptors (Lipinski definition) is 4. The Morgan fingerprint density at radius 2 is 2.00 bits per heavy atom. The van der Waals surface area contributed by atoms with Crippen molar-refractivity contribution >= 4 is 40.5 Å². The average Bonchev–Trinajstić information content (AvgIpc) is 2.51. The van der Waals surface area contributed by atoms with E-state index in [-0.39, 0.29) is 5.91 Å². The third-order valence-electron chi connectivity index (χ3n) is 2.84. The third kappa shape index (κ3) is 4.34. The van der Waals surface area contributed by atoms with Crippen LogP contribution >= 0.6 is 23.2 Å². The smallest absolute Gasteiger partial charge is 0.257 e. The first-order valence-corrected chi connectivity index (χ1v) is 7.30. The Bertz CT molecular complexity index is 645. The number of benzene rings is 1. The molecule has 2 N–H and O–H groups in total. The fourth-order valence-electron chi connectivity index (χ4n) is 1.76. The molecule has 22 heavy (non-hydrogen) atoms. The Kier molecular flexibility index (Phi) is 6.00. The highest BCUT2D eigenvalue weighted by molar-refractivity contribution is 6.40. The summed E-state index contributed by atoms with van der Waals surface area (Å²) in [5.74, 6) is -0.335. The molecule has 0 aliphatic heterocycles. The largest absolute Gasteiger partial charge is 0.383 e. The second-order valence-electron chi connectivity index (χ2n) is 4.43. The standard InChI is InChI=1S/C15H15Cl2N3O2/c1-22-6-5-19-11-7-10(8-18-9-11)15(21)20-14-12(16)3-2-4-13(14)17/h2-4,7-9,19H,5-6H2,1H3,(H,20,21). The zero-order chi connectivity index (χ0) is 15.9. The molecule has 1 heterocycles. The van der Waals surface area contributed by atoms with Gasteiger partial charge in [0.25, 0.3) is 5.91 Å². The molecule has 0 aliphatic carbocycles. The molecule has 116 valence electrons. The van der Waals surface area contributed by atoms with Crippen molar-refractivity contribution in [1.29, 1.82) is 0 Å². The van der Waals surface area contributed by atoms with Crippen LogP contribution in [0.4, 0.5) is 11.4 Å². The number of anilines is 2. The molecule has 0 bridgehead atoms. The summed E-state index contributed by atoms with van der Waals surface area (Å²) in [6.45, 7) is 1.19. The first kappa shape index (κ1) is 16.5. The lowest BCUT2D eigenvalue weighted by Crippen LogP contribution is -2.14. The summed E-state index contributed by atoms with van der Waals surface area (Å²) in [5.41, 5.74) is 1.52. The number of para-hydroxylation sites is 1. The quantitative estimate of drug-likeness (QED) is 0.787. The summed E-state index contributed by atoms with van der Waals surface area (Å²) in [5, 5.41) is 6.56. The van der Waals surface area contributed by atoms with Gasteiger partial charge in [-0.15, -0.1) is 0 Å². The number of ether oxygens (including phenoxy) is 1. The Morgan fingerprint density at radius 3 is 2.68 bits per heavy atom. The van der Waals surface area contributed by atoms with Crippen molar-refractivity contribution in [3.63, 3.8) is 0 Å². The van der Waals surface area contributed by atoms with Gasteiger partial charge in [-0.3, -0.25) is 9.78 Å². The number of carbonyl (C=O) groups is 1. The molecule has 7 heteroatoms. The fourth-order valence-corrected chi connectivity index (χ4v) is 2.25. The lowest BCUT2D eigenvalue weighted by Gasteiger charge is -2.10. The summed E-state index contributed by atoms with van der Waals surface area (Å²) in [7, 11) is 1.62. The van der Waals surface area contributed by atoms with E-state index in [2.05, 4.69) is 15.6 Å². The molecule has 5 nitrogen and oxygen atoms in total. The first-order valence-electron chi connectivity index (χ1n) is 6.55. The molecule has 2 aromatic rings. The summed E-state index contributed by atoms with van der Waals surface area (Å²) < 4.78 is 4.96. The topological polar surface area (TPSA) is 63.2 Å². The van der Waals surface area contributed by atoms with E-state index in [0.717, 1.165) is 5.69 Å². The van der Waals surface area contributed by atoms with Gasteiger partial charge in [-0.05, 0) is 18.2 Å². The number of hydrogen-bond donors (Lipinski definition) is 2. The van der Waals surface area contributed by atoms with Crippen molar-refractivity contribution < 1.29 is 9.53 Å². The minimum atomic E-state index is -0.335. The molecule has 0 aliphatic rings. The van der Waals surface area contributed by atoms with Gasteiger partial charge in [-0.1, -0.05) is 29.3 Å². The molecular weight excluding hydrogens is 325 g/mol. The molecule has 0 saturated heterocycles. The number of halogens is 2. The molecule has 0 saturated carbocycles. The number of aromatic nitrogens is 1. The van der Waals surface area contributed by atoms with Crippen molar-refractivity contribution in [1.82, 2.24) is 4.98 Å². The summed E-state index contributed by atoms with van der Waals surface area (Å²) in [6.07, 6.45) is 3.11. The monoisotopic (exact) mass is 339 g/mol. The predicted molar refractivity (Wildman–Crippen MR) is 89.0 cm³/mol. The molecule has 0 atom stereocenters. The number of carbonyl (C=O) groups excluding carboxylic acids is 1. The Hall–Kier alpha value is -1.82. The van der Waals surface area contributed by atoms with Crippen LogP contribution < -0.4 is 10.6 Å². The van der Waals surface area contributed by atoms with Crippen LogP contribution in [0.1, 0.15) is 10.4 Å². The van der Waals surface area contributed by atoms with Crippen LogP contribution in [-0.2, 0) is 4.74 Å². The van der Waals surface area contributed by atoms with Crippen LogP contribution in [-0.4, -0.2) is 31.2 Å². The van der Waals surface area contributed by atoms with E-state index >= 15 is 0 Å². The highest BCUT2D eigenvalue weighted by Crippen LogP contribution is 2.30. The van der Waals surface area contributed by atoms with Crippen molar-refractivity contribution in [3.05, 3.63) is 52.3 Å². The summed E-state index contributed by atoms with van der Waals surface area (Å²) >= 11 is 12.1. The van der Waals surface area contributed by atoms with Crippen LogP contribution in [0.3, 0.4) is 0 Å². The SMILES string of the molecule is COCCNc1cncc(C(=O)Nc2c(Cl)cccc2Cl)c1. The second-order valence-corrected chi connectivity index (χ2v) is 5.25. The maximum atomic E-state index is 12.3. The lowest BCUT2D eigenvalue weighted by atomic mass is 10.2. The van der Waals surface area contributed by atoms with Crippen molar-refractivity contribution in [2.45, 2.75) is 0 Å². The number of nitrogens with one attached hydrogen (secondary N) is 2. The molecule has 1 aromatic carbocycles. The Morgan fingerprint density at radius 1 is 1.27 bits per heavy atom. The number of rotatable bonds is 6. The van der Waals surface area contributed by atoms with Crippen LogP contribution in [0, 0.1) is 0 Å². The Labute approximate surface area is 138 Å². The molecule has 2 rings (SSSR count). The molecule has 0 radical (unpaired) electrons. The van der Waals surface area contributed by atoms with Gasteiger partial charge >= 0.3 is 0 Å². The molecule has 0 unspecified atom stereocenters. The molecule has 1 amide bonds. The van der Waals surface area contributed by atoms with Gasteiger partial charge in [0.15, 0.2) is 0 Å². The highest BCUT2D eigenvalue weighted by atomic mass is 35.5. The van der Waals surface area contributed by atoms with Gasteiger partial charge in [0.1, 0.15) is 0 Å². The Balaban J connectivity index is 2.11. The lowest BCUT2D eigenvalue weighted by molar-refractivity contribution is 0.102. The number of amides is 1. The van der Waals surface area contributed by atoms with Crippen LogP contribution in [0.25, 0.3) is 0 Å². The minimum Gasteiger partial charge on any atom is -0.383 e. The predicted octanol–water partition coefficient (Wildman–Crippen LogP) is 3.70. The van der Waals surface area contributed by atoms with Crippen LogP contribution in [0.2, 0.25) is 10.0 Å². The minimum absolute atomic E-state index is 0.335. The first-order chi connectivity index (χ1) is 10.6. The van der Waals surface area contributed by atoms with E-state index in [1.54, 1.807) is 37.6 Å². The van der Waals surface area contributed by atoms with Crippen LogP contribution in [0.5, 0.6) is 0 Å². The highest BCUT2D eigenvalue weighted by Gasteiger charge is 2.12.